The molecular formula is C31H41N3O6. The Bertz CT molecular complexity index is 1120. The minimum Gasteiger partial charge on any atom is -0.445 e. The fourth-order valence-electron chi connectivity index (χ4n) is 4.37. The van der Waals surface area contributed by atoms with Gasteiger partial charge in [0.1, 0.15) is 24.8 Å². The Morgan fingerprint density at radius 1 is 0.750 bits per heavy atom. The van der Waals surface area contributed by atoms with Crippen molar-refractivity contribution in [3.8, 4) is 0 Å². The summed E-state index contributed by atoms with van der Waals surface area (Å²) in [6.45, 7) is 8.19. The Balaban J connectivity index is 1.67. The maximum atomic E-state index is 13.5. The number of hydrogen-bond acceptors (Lipinski definition) is 6. The summed E-state index contributed by atoms with van der Waals surface area (Å²) in [7, 11) is 0. The van der Waals surface area contributed by atoms with Crippen LogP contribution < -0.4 is 16.0 Å². The van der Waals surface area contributed by atoms with Gasteiger partial charge in [-0.05, 0) is 42.2 Å². The van der Waals surface area contributed by atoms with Crippen molar-refractivity contribution in [2.45, 2.75) is 77.8 Å². The summed E-state index contributed by atoms with van der Waals surface area (Å²) in [6.07, 6.45) is -0.202. The molecule has 3 rings (SSSR count). The predicted molar refractivity (Wildman–Crippen MR) is 151 cm³/mol. The SMILES string of the molecule is CC(C)C[C@H](NC(=O)OCc1ccccc1)C(=O)N[C@@H](CC(C)C)C(=O)N[C@@H](Cc1ccccc1)C(=O)C1CO1. The highest BCUT2D eigenvalue weighted by Crippen LogP contribution is 2.16. The van der Waals surface area contributed by atoms with E-state index in [0.29, 0.717) is 25.9 Å². The van der Waals surface area contributed by atoms with Crippen LogP contribution in [-0.2, 0) is 36.9 Å². The van der Waals surface area contributed by atoms with Gasteiger partial charge in [0.05, 0.1) is 12.6 Å². The molecule has 2 aromatic rings. The quantitative estimate of drug-likeness (QED) is 0.291. The van der Waals surface area contributed by atoms with Crippen LogP contribution in [-0.4, -0.2) is 54.5 Å². The Labute approximate surface area is 236 Å². The molecule has 9 heteroatoms. The molecule has 0 spiro atoms. The molecule has 216 valence electrons. The van der Waals surface area contributed by atoms with Gasteiger partial charge in [-0.2, -0.15) is 0 Å². The summed E-state index contributed by atoms with van der Waals surface area (Å²) < 4.78 is 10.5. The predicted octanol–water partition coefficient (Wildman–Crippen LogP) is 3.55. The first-order chi connectivity index (χ1) is 19.1. The Hall–Kier alpha value is -3.72. The normalized spacial score (nSPS) is 16.5. The topological polar surface area (TPSA) is 126 Å². The third-order valence-corrected chi connectivity index (χ3v) is 6.46. The zero-order valence-electron chi connectivity index (χ0n) is 23.7. The van der Waals surface area contributed by atoms with Crippen LogP contribution >= 0.6 is 0 Å². The molecule has 40 heavy (non-hydrogen) atoms. The first-order valence-electron chi connectivity index (χ1n) is 13.9. The van der Waals surface area contributed by atoms with Crippen molar-refractivity contribution in [2.24, 2.45) is 11.8 Å². The van der Waals surface area contributed by atoms with Gasteiger partial charge in [0.2, 0.25) is 11.8 Å². The molecule has 1 aliphatic rings. The van der Waals surface area contributed by atoms with Gasteiger partial charge in [-0.25, -0.2) is 4.79 Å². The summed E-state index contributed by atoms with van der Waals surface area (Å²) in [5, 5.41) is 8.34. The summed E-state index contributed by atoms with van der Waals surface area (Å²) in [6, 6.07) is 16.1. The minimum absolute atomic E-state index is 0.0720. The van der Waals surface area contributed by atoms with E-state index in [1.54, 1.807) is 0 Å². The highest BCUT2D eigenvalue weighted by molar-refractivity contribution is 5.96. The first-order valence-corrected chi connectivity index (χ1v) is 13.9. The highest BCUT2D eigenvalue weighted by Gasteiger charge is 2.38. The summed E-state index contributed by atoms with van der Waals surface area (Å²) in [5.41, 5.74) is 1.73. The van der Waals surface area contributed by atoms with Crippen molar-refractivity contribution in [3.63, 3.8) is 0 Å². The number of carbonyl (C=O) groups excluding carboxylic acids is 4. The number of ether oxygens (including phenoxy) is 2. The molecule has 3 N–H and O–H groups in total. The largest absolute Gasteiger partial charge is 0.445 e. The number of benzene rings is 2. The van der Waals surface area contributed by atoms with Gasteiger partial charge in [0.15, 0.2) is 5.78 Å². The number of Topliss-reactive ketones (excluding diaryl/α,β-unsaturated/α-hetero) is 1. The van der Waals surface area contributed by atoms with E-state index in [1.807, 2.05) is 88.4 Å². The number of epoxide rings is 1. The average Bonchev–Trinajstić information content (AvgIpc) is 3.77. The zero-order valence-corrected chi connectivity index (χ0v) is 23.7. The fourth-order valence-corrected chi connectivity index (χ4v) is 4.37. The number of ketones is 1. The Morgan fingerprint density at radius 3 is 1.73 bits per heavy atom. The van der Waals surface area contributed by atoms with Crippen LogP contribution in [0.4, 0.5) is 4.79 Å². The summed E-state index contributed by atoms with van der Waals surface area (Å²) in [4.78, 5) is 52.3. The lowest BCUT2D eigenvalue weighted by molar-refractivity contribution is -0.132. The molecule has 1 saturated heterocycles. The molecule has 0 aliphatic carbocycles. The second-order valence-corrected chi connectivity index (χ2v) is 11.1. The van der Waals surface area contributed by atoms with E-state index in [-0.39, 0.29) is 24.2 Å². The van der Waals surface area contributed by atoms with Crippen molar-refractivity contribution >= 4 is 23.7 Å². The number of hydrogen-bond donors (Lipinski definition) is 3. The standard InChI is InChI=1S/C31H41N3O6/c1-20(2)15-25(29(36)32-24(28(35)27-19-39-27)17-22-11-7-5-8-12-22)33-30(37)26(16-21(3)4)34-31(38)40-18-23-13-9-6-10-14-23/h5-14,20-21,24-27H,15-19H2,1-4H3,(H,32,36)(H,33,37)(H,34,38)/t24-,25-,26-,27?/m0/s1. The molecule has 1 unspecified atom stereocenters. The molecule has 0 saturated carbocycles. The number of alkyl carbamates (subject to hydrolysis) is 1. The Morgan fingerprint density at radius 2 is 1.23 bits per heavy atom. The smallest absolute Gasteiger partial charge is 0.408 e. The third-order valence-electron chi connectivity index (χ3n) is 6.46. The van der Waals surface area contributed by atoms with Crippen LogP contribution in [0.3, 0.4) is 0 Å². The van der Waals surface area contributed by atoms with Gasteiger partial charge < -0.3 is 25.4 Å². The first kappa shape index (κ1) is 30.8. The Kier molecular flexibility index (Phi) is 11.7. The molecular weight excluding hydrogens is 510 g/mol. The second-order valence-electron chi connectivity index (χ2n) is 11.1. The third kappa shape index (κ3) is 10.4. The van der Waals surface area contributed by atoms with E-state index in [1.165, 1.54) is 0 Å². The van der Waals surface area contributed by atoms with Crippen LogP contribution in [0.25, 0.3) is 0 Å². The molecule has 2 aromatic carbocycles. The molecule has 1 heterocycles. The molecule has 9 nitrogen and oxygen atoms in total. The minimum atomic E-state index is -0.896. The van der Waals surface area contributed by atoms with Gasteiger partial charge in [-0.1, -0.05) is 88.4 Å². The van der Waals surface area contributed by atoms with Crippen molar-refractivity contribution in [3.05, 3.63) is 71.8 Å². The van der Waals surface area contributed by atoms with Gasteiger partial charge in [-0.3, -0.25) is 14.4 Å². The van der Waals surface area contributed by atoms with E-state index in [9.17, 15) is 19.2 Å². The second kappa shape index (κ2) is 15.2. The van der Waals surface area contributed by atoms with Crippen LogP contribution in [0.2, 0.25) is 0 Å². The van der Waals surface area contributed by atoms with E-state index >= 15 is 0 Å². The van der Waals surface area contributed by atoms with Gasteiger partial charge in [-0.15, -0.1) is 0 Å². The van der Waals surface area contributed by atoms with Crippen LogP contribution in [0, 0.1) is 11.8 Å². The molecule has 1 fully saturated rings. The zero-order chi connectivity index (χ0) is 29.1. The monoisotopic (exact) mass is 551 g/mol. The van der Waals surface area contributed by atoms with Crippen molar-refractivity contribution < 1.29 is 28.7 Å². The lowest BCUT2D eigenvalue weighted by Gasteiger charge is -2.26. The number of rotatable bonds is 15. The molecule has 0 bridgehead atoms. The van der Waals surface area contributed by atoms with Crippen molar-refractivity contribution in [1.29, 1.82) is 0 Å². The lowest BCUT2D eigenvalue weighted by Crippen LogP contribution is -2.56. The van der Waals surface area contributed by atoms with Crippen molar-refractivity contribution in [2.75, 3.05) is 6.61 Å². The number of nitrogens with one attached hydrogen (secondary N) is 3. The van der Waals surface area contributed by atoms with Gasteiger partial charge in [0.25, 0.3) is 0 Å². The summed E-state index contributed by atoms with van der Waals surface area (Å²) in [5.74, 6) is -0.950. The van der Waals surface area contributed by atoms with Crippen LogP contribution in [0.5, 0.6) is 0 Å². The van der Waals surface area contributed by atoms with E-state index in [4.69, 9.17) is 9.47 Å². The molecule has 0 radical (unpaired) electrons. The molecule has 3 amide bonds. The van der Waals surface area contributed by atoms with Gasteiger partial charge >= 0.3 is 6.09 Å². The molecule has 1 aliphatic heterocycles. The van der Waals surface area contributed by atoms with Crippen molar-refractivity contribution in [1.82, 2.24) is 16.0 Å². The van der Waals surface area contributed by atoms with E-state index in [2.05, 4.69) is 16.0 Å². The van der Waals surface area contributed by atoms with E-state index < -0.39 is 42.1 Å². The summed E-state index contributed by atoms with van der Waals surface area (Å²) >= 11 is 0. The lowest BCUT2D eigenvalue weighted by atomic mass is 9.98. The molecule has 0 aromatic heterocycles. The maximum Gasteiger partial charge on any atom is 0.408 e. The molecule has 4 atom stereocenters. The van der Waals surface area contributed by atoms with Gasteiger partial charge in [0, 0.05) is 0 Å². The highest BCUT2D eigenvalue weighted by atomic mass is 16.6. The number of amides is 3. The number of carbonyl (C=O) groups is 4. The fraction of sp³-hybridized carbons (Fsp3) is 0.484. The van der Waals surface area contributed by atoms with Crippen LogP contribution in [0.1, 0.15) is 51.7 Å². The maximum absolute atomic E-state index is 13.5. The average molecular weight is 552 g/mol. The van der Waals surface area contributed by atoms with E-state index in [0.717, 1.165) is 11.1 Å². The van der Waals surface area contributed by atoms with Crippen LogP contribution in [0.15, 0.2) is 60.7 Å².